The molecule has 0 saturated carbocycles. The number of amides is 1. The van der Waals surface area contributed by atoms with Crippen molar-refractivity contribution < 1.29 is 32.0 Å². The van der Waals surface area contributed by atoms with Crippen LogP contribution in [0.15, 0.2) is 41.1 Å². The van der Waals surface area contributed by atoms with Crippen molar-refractivity contribution >= 4 is 22.8 Å². The van der Waals surface area contributed by atoms with Crippen LogP contribution in [0.4, 0.5) is 19.0 Å². The van der Waals surface area contributed by atoms with E-state index < -0.39 is 18.1 Å². The Labute approximate surface area is 189 Å². The molecule has 34 heavy (non-hydrogen) atoms. The van der Waals surface area contributed by atoms with Crippen LogP contribution in [0.25, 0.3) is 22.4 Å². The predicted octanol–water partition coefficient (Wildman–Crippen LogP) is 4.28. The third-order valence-corrected chi connectivity index (χ3v) is 5.92. The second-order valence-electron chi connectivity index (χ2n) is 8.03. The highest BCUT2D eigenvalue weighted by atomic mass is 19.4. The van der Waals surface area contributed by atoms with Crippen LogP contribution < -0.4 is 14.4 Å². The lowest BCUT2D eigenvalue weighted by Gasteiger charge is -2.34. The molecule has 9 nitrogen and oxygen atoms in total. The quantitative estimate of drug-likeness (QED) is 0.431. The number of benzene rings is 1. The molecule has 1 amide bonds. The maximum atomic E-state index is 13.7. The van der Waals surface area contributed by atoms with Gasteiger partial charge in [-0.2, -0.15) is 18.3 Å². The molecule has 2 aliphatic rings. The predicted molar refractivity (Wildman–Crippen MR) is 112 cm³/mol. The number of hydrogen-bond donors (Lipinski definition) is 0. The Hall–Kier alpha value is -4.09. The second-order valence-corrected chi connectivity index (χ2v) is 8.03. The molecule has 0 radical (unpaired) electrons. The van der Waals surface area contributed by atoms with Gasteiger partial charge in [-0.1, -0.05) is 5.16 Å². The van der Waals surface area contributed by atoms with Crippen LogP contribution in [0, 0.1) is 6.92 Å². The largest absolute Gasteiger partial charge is 0.454 e. The molecule has 12 heteroatoms. The first-order valence-electron chi connectivity index (χ1n) is 10.4. The molecule has 3 aromatic heterocycles. The Balaban J connectivity index is 1.46. The normalized spacial score (nSPS) is 17.3. The van der Waals surface area contributed by atoms with E-state index in [1.54, 1.807) is 31.2 Å². The number of ether oxygens (including phenoxy) is 2. The summed E-state index contributed by atoms with van der Waals surface area (Å²) < 4.78 is 57.5. The average molecular weight is 471 g/mol. The summed E-state index contributed by atoms with van der Waals surface area (Å²) in [6.07, 6.45) is -3.53. The zero-order chi connectivity index (χ0) is 23.6. The van der Waals surface area contributed by atoms with Crippen molar-refractivity contribution in [1.29, 1.82) is 0 Å². The van der Waals surface area contributed by atoms with Gasteiger partial charge in [-0.25, -0.2) is 9.67 Å². The SMILES string of the molecule is Cc1cc(C(=O)N2CCC(C(F)(F)F)n3nccc32)c2c(-c3ccc4c(c3)OCO4)noc2n1. The summed E-state index contributed by atoms with van der Waals surface area (Å²) in [6.45, 7) is 1.67. The van der Waals surface area contributed by atoms with Gasteiger partial charge >= 0.3 is 6.18 Å². The van der Waals surface area contributed by atoms with Gasteiger partial charge in [-0.15, -0.1) is 0 Å². The van der Waals surface area contributed by atoms with E-state index in [1.165, 1.54) is 17.2 Å². The molecule has 0 spiro atoms. The molecular formula is C22H16F3N5O4. The maximum Gasteiger partial charge on any atom is 0.410 e. The van der Waals surface area contributed by atoms with Gasteiger partial charge in [0.05, 0.1) is 17.1 Å². The third kappa shape index (κ3) is 3.09. The number of nitrogens with zero attached hydrogens (tertiary/aromatic N) is 5. The van der Waals surface area contributed by atoms with Crippen LogP contribution in [-0.4, -0.2) is 45.3 Å². The number of carbonyl (C=O) groups excluding carboxylic acids is 1. The van der Waals surface area contributed by atoms with Crippen molar-refractivity contribution in [3.8, 4) is 22.8 Å². The highest BCUT2D eigenvalue weighted by Gasteiger charge is 2.46. The number of rotatable bonds is 2. The minimum atomic E-state index is -4.47. The van der Waals surface area contributed by atoms with Crippen molar-refractivity contribution in [3.05, 3.63) is 47.8 Å². The zero-order valence-corrected chi connectivity index (χ0v) is 17.7. The first kappa shape index (κ1) is 20.5. The minimum absolute atomic E-state index is 0.0715. The Morgan fingerprint density at radius 1 is 1.15 bits per heavy atom. The van der Waals surface area contributed by atoms with Crippen molar-refractivity contribution in [2.24, 2.45) is 0 Å². The van der Waals surface area contributed by atoms with Gasteiger partial charge in [0, 0.05) is 23.9 Å². The number of anilines is 1. The van der Waals surface area contributed by atoms with E-state index >= 15 is 0 Å². The van der Waals surface area contributed by atoms with Crippen molar-refractivity contribution in [3.63, 3.8) is 0 Å². The molecule has 0 saturated heterocycles. The standard InChI is InChI=1S/C22H16F3N5O4/c1-11-8-13(21(31)29-7-5-16(22(23,24)25)30-17(29)4-6-26-30)18-19(28-34-20(18)27-11)12-2-3-14-15(9-12)33-10-32-14/h2-4,6,8-9,16H,5,7,10H2,1H3. The number of halogens is 3. The Morgan fingerprint density at radius 2 is 1.97 bits per heavy atom. The summed E-state index contributed by atoms with van der Waals surface area (Å²) >= 11 is 0. The van der Waals surface area contributed by atoms with E-state index in [1.807, 2.05) is 0 Å². The molecule has 174 valence electrons. The van der Waals surface area contributed by atoms with Gasteiger partial charge in [-0.3, -0.25) is 9.69 Å². The maximum absolute atomic E-state index is 13.7. The fraction of sp³-hybridized carbons (Fsp3) is 0.273. The van der Waals surface area contributed by atoms with Crippen molar-refractivity contribution in [1.82, 2.24) is 19.9 Å². The molecule has 1 unspecified atom stereocenters. The van der Waals surface area contributed by atoms with E-state index in [4.69, 9.17) is 14.0 Å². The van der Waals surface area contributed by atoms with Gasteiger partial charge in [0.25, 0.3) is 11.6 Å². The monoisotopic (exact) mass is 471 g/mol. The molecule has 5 heterocycles. The zero-order valence-electron chi connectivity index (χ0n) is 17.7. The number of carbonyl (C=O) groups is 1. The van der Waals surface area contributed by atoms with Crippen LogP contribution >= 0.6 is 0 Å². The molecule has 2 aliphatic heterocycles. The second kappa shape index (κ2) is 7.20. The lowest BCUT2D eigenvalue weighted by Crippen LogP contribution is -2.43. The first-order chi connectivity index (χ1) is 16.3. The van der Waals surface area contributed by atoms with E-state index in [0.717, 1.165) is 4.68 Å². The Bertz CT molecular complexity index is 1440. The molecule has 4 aromatic rings. The summed E-state index contributed by atoms with van der Waals surface area (Å²) in [5.74, 6) is 0.688. The fourth-order valence-electron chi connectivity index (χ4n) is 4.39. The smallest absolute Gasteiger partial charge is 0.410 e. The third-order valence-electron chi connectivity index (χ3n) is 5.92. The highest BCUT2D eigenvalue weighted by Crippen LogP contribution is 2.41. The lowest BCUT2D eigenvalue weighted by atomic mass is 10.0. The lowest BCUT2D eigenvalue weighted by molar-refractivity contribution is -0.172. The average Bonchev–Trinajstić information content (AvgIpc) is 3.54. The summed E-state index contributed by atoms with van der Waals surface area (Å²) in [7, 11) is 0. The molecular weight excluding hydrogens is 455 g/mol. The van der Waals surface area contributed by atoms with Crippen LogP contribution in [-0.2, 0) is 0 Å². The molecule has 0 aliphatic carbocycles. The van der Waals surface area contributed by atoms with E-state index in [0.29, 0.717) is 33.8 Å². The molecule has 0 bridgehead atoms. The van der Waals surface area contributed by atoms with E-state index in [9.17, 15) is 18.0 Å². The summed E-state index contributed by atoms with van der Waals surface area (Å²) in [5.41, 5.74) is 1.85. The Morgan fingerprint density at radius 3 is 2.79 bits per heavy atom. The van der Waals surface area contributed by atoms with Gasteiger partial charge in [0.1, 0.15) is 11.5 Å². The number of alkyl halides is 3. The molecule has 6 rings (SSSR count). The van der Waals surface area contributed by atoms with Crippen LogP contribution in [0.2, 0.25) is 0 Å². The van der Waals surface area contributed by atoms with Gasteiger partial charge < -0.3 is 14.0 Å². The number of hydrogen-bond acceptors (Lipinski definition) is 7. The number of aryl methyl sites for hydroxylation is 1. The number of fused-ring (bicyclic) bond motifs is 3. The van der Waals surface area contributed by atoms with Gasteiger partial charge in [0.15, 0.2) is 17.5 Å². The van der Waals surface area contributed by atoms with E-state index in [2.05, 4.69) is 15.2 Å². The minimum Gasteiger partial charge on any atom is -0.454 e. The number of pyridine rings is 1. The molecule has 0 N–H and O–H groups in total. The fourth-order valence-corrected chi connectivity index (χ4v) is 4.39. The van der Waals surface area contributed by atoms with Gasteiger partial charge in [0.2, 0.25) is 6.79 Å². The van der Waals surface area contributed by atoms with Crippen LogP contribution in [0.5, 0.6) is 11.5 Å². The highest BCUT2D eigenvalue weighted by molar-refractivity contribution is 6.15. The van der Waals surface area contributed by atoms with Crippen molar-refractivity contribution in [2.75, 3.05) is 18.2 Å². The van der Waals surface area contributed by atoms with E-state index in [-0.39, 0.29) is 36.9 Å². The molecule has 1 aromatic carbocycles. The van der Waals surface area contributed by atoms with Crippen LogP contribution in [0.1, 0.15) is 28.5 Å². The van der Waals surface area contributed by atoms with Gasteiger partial charge in [-0.05, 0) is 37.6 Å². The summed E-state index contributed by atoms with van der Waals surface area (Å²) in [6, 6.07) is 6.38. The summed E-state index contributed by atoms with van der Waals surface area (Å²) in [4.78, 5) is 19.3. The number of aromatic nitrogens is 4. The molecule has 0 fully saturated rings. The topological polar surface area (TPSA) is 95.5 Å². The molecule has 1 atom stereocenters. The summed E-state index contributed by atoms with van der Waals surface area (Å²) in [5, 5.41) is 8.32. The van der Waals surface area contributed by atoms with Crippen LogP contribution in [0.3, 0.4) is 0 Å². The first-order valence-corrected chi connectivity index (χ1v) is 10.4. The Kier molecular flexibility index (Phi) is 4.35. The van der Waals surface area contributed by atoms with Crippen molar-refractivity contribution in [2.45, 2.75) is 25.6 Å².